The molecule has 0 aliphatic carbocycles. The molecule has 0 heterocycles. The van der Waals surface area contributed by atoms with Crippen LogP contribution in [0.2, 0.25) is 0 Å². The molecule has 19 nitrogen and oxygen atoms in total. The van der Waals surface area contributed by atoms with Crippen molar-refractivity contribution in [3.8, 4) is 17.2 Å². The predicted octanol–water partition coefficient (Wildman–Crippen LogP) is 4.56. The fourth-order valence-corrected chi connectivity index (χ4v) is 4.97. The van der Waals surface area contributed by atoms with E-state index in [1.54, 1.807) is 0 Å². The Bertz CT molecular complexity index is 1760. The van der Waals surface area contributed by atoms with E-state index in [0.29, 0.717) is 0 Å². The van der Waals surface area contributed by atoms with E-state index in [9.17, 15) is 42.3 Å². The number of phenols is 3. The minimum atomic E-state index is -4.87. The van der Waals surface area contributed by atoms with Crippen molar-refractivity contribution in [2.75, 3.05) is 12.4 Å². The summed E-state index contributed by atoms with van der Waals surface area (Å²) >= 11 is 0.280. The second kappa shape index (κ2) is 13.6. The maximum absolute atomic E-state index is 12.5. The summed E-state index contributed by atoms with van der Waals surface area (Å²) in [4.78, 5) is 9.56. The summed E-state index contributed by atoms with van der Waals surface area (Å²) < 4.78 is 63.3. The van der Waals surface area contributed by atoms with E-state index < -0.39 is 66.1 Å². The minimum absolute atomic E-state index is 0.131. The summed E-state index contributed by atoms with van der Waals surface area (Å²) in [5.74, 6) is -2.72. The Balaban J connectivity index is 1.91. The number of hydrogen-bond acceptors (Lipinski definition) is 18. The van der Waals surface area contributed by atoms with E-state index in [4.69, 9.17) is 9.81 Å². The number of nitro groups is 1. The molecular formula is C20H17N5O14S3. The zero-order valence-corrected chi connectivity index (χ0v) is 22.9. The number of rotatable bonds is 13. The van der Waals surface area contributed by atoms with Gasteiger partial charge in [-0.05, 0) is 36.4 Å². The Morgan fingerprint density at radius 3 is 2.14 bits per heavy atom. The van der Waals surface area contributed by atoms with Gasteiger partial charge in [0, 0.05) is 6.07 Å². The molecule has 5 N–H and O–H groups in total. The van der Waals surface area contributed by atoms with Crippen molar-refractivity contribution in [3.63, 3.8) is 0 Å². The molecule has 224 valence electrons. The third-order valence-corrected chi connectivity index (χ3v) is 7.61. The van der Waals surface area contributed by atoms with Gasteiger partial charge in [-0.1, -0.05) is 5.04 Å². The van der Waals surface area contributed by atoms with Crippen molar-refractivity contribution in [2.24, 2.45) is 20.5 Å². The van der Waals surface area contributed by atoms with Gasteiger partial charge in [0.15, 0.2) is 21.3 Å². The van der Waals surface area contributed by atoms with Gasteiger partial charge in [-0.2, -0.15) is 8.42 Å². The highest BCUT2D eigenvalue weighted by Crippen LogP contribution is 2.45. The standard InChI is InChI=1S/C20H17N5O14S3/c26-16-6-5-15(23-21-13-3-1-11(25(29)30)9-17(13)27)20(28)19(16)24-22-14-4-2-12(10-18(14)40-39-38-31)41(32,33)8-7-37-42(34,35)36/h1-6,9-10,26-28,31H,7-8H2,(H,34,35,36)/b23-21+,24-22+. The monoisotopic (exact) mass is 647 g/mol. The second-order valence-corrected chi connectivity index (χ2v) is 11.5. The van der Waals surface area contributed by atoms with E-state index in [1.807, 2.05) is 0 Å². The Morgan fingerprint density at radius 2 is 1.50 bits per heavy atom. The molecule has 3 rings (SSSR count). The molecule has 22 heteroatoms. The number of non-ortho nitro benzene ring substituents is 1. The summed E-state index contributed by atoms with van der Waals surface area (Å²) in [7, 11) is -9.04. The van der Waals surface area contributed by atoms with Gasteiger partial charge in [-0.3, -0.25) is 14.7 Å². The molecule has 0 bridgehead atoms. The van der Waals surface area contributed by atoms with Gasteiger partial charge in [0.1, 0.15) is 28.6 Å². The predicted molar refractivity (Wildman–Crippen MR) is 140 cm³/mol. The molecule has 3 aromatic rings. The molecule has 0 spiro atoms. The van der Waals surface area contributed by atoms with Gasteiger partial charge in [-0.25, -0.2) is 17.9 Å². The summed E-state index contributed by atoms with van der Waals surface area (Å²) in [5, 5.41) is 68.5. The van der Waals surface area contributed by atoms with Crippen molar-refractivity contribution in [3.05, 3.63) is 58.6 Å². The fraction of sp³-hybridized carbons (Fsp3) is 0.100. The van der Waals surface area contributed by atoms with Gasteiger partial charge in [0.05, 0.1) is 45.2 Å². The smallest absolute Gasteiger partial charge is 0.397 e. The number of nitrogens with zero attached hydrogens (tertiary/aromatic N) is 5. The van der Waals surface area contributed by atoms with E-state index in [1.165, 1.54) is 0 Å². The van der Waals surface area contributed by atoms with Crippen molar-refractivity contribution >= 4 is 60.7 Å². The van der Waals surface area contributed by atoms with E-state index in [0.717, 1.165) is 48.5 Å². The van der Waals surface area contributed by atoms with Crippen molar-refractivity contribution in [1.82, 2.24) is 0 Å². The molecule has 42 heavy (non-hydrogen) atoms. The third-order valence-electron chi connectivity index (χ3n) is 4.83. The van der Waals surface area contributed by atoms with Crippen molar-refractivity contribution < 1.29 is 60.4 Å². The van der Waals surface area contributed by atoms with Gasteiger partial charge < -0.3 is 15.3 Å². The van der Waals surface area contributed by atoms with Crippen molar-refractivity contribution in [2.45, 2.75) is 9.79 Å². The Kier molecular flexibility index (Phi) is 10.4. The van der Waals surface area contributed by atoms with Crippen LogP contribution in [-0.2, 0) is 33.8 Å². The van der Waals surface area contributed by atoms with E-state index in [2.05, 4.69) is 34.0 Å². The molecule has 0 atom stereocenters. The molecule has 0 aromatic heterocycles. The lowest BCUT2D eigenvalue weighted by Gasteiger charge is -2.08. The largest absolute Gasteiger partial charge is 0.505 e. The molecule has 0 aliphatic heterocycles. The van der Waals surface area contributed by atoms with Crippen LogP contribution in [0.3, 0.4) is 0 Å². The zero-order chi connectivity index (χ0) is 31.1. The first-order valence-electron chi connectivity index (χ1n) is 10.7. The van der Waals surface area contributed by atoms with Crippen LogP contribution in [0.4, 0.5) is 28.4 Å². The van der Waals surface area contributed by atoms with Crippen LogP contribution in [-0.4, -0.2) is 59.2 Å². The molecule has 0 amide bonds. The third kappa shape index (κ3) is 8.60. The molecule has 0 saturated heterocycles. The molecule has 3 aromatic carbocycles. The molecule has 0 unspecified atom stereocenters. The van der Waals surface area contributed by atoms with Crippen LogP contribution in [0.25, 0.3) is 0 Å². The topological polar surface area (TPSA) is 290 Å². The number of aromatic hydroxyl groups is 3. The average molecular weight is 648 g/mol. The van der Waals surface area contributed by atoms with Crippen LogP contribution in [0, 0.1) is 10.1 Å². The Hall–Kier alpha value is -4.29. The van der Waals surface area contributed by atoms with Gasteiger partial charge in [0.2, 0.25) is 0 Å². The van der Waals surface area contributed by atoms with Gasteiger partial charge in [0.25, 0.3) is 5.69 Å². The summed E-state index contributed by atoms with van der Waals surface area (Å²) in [6.45, 7) is -0.891. The number of sulfone groups is 1. The number of hydrogen-bond donors (Lipinski definition) is 5. The van der Waals surface area contributed by atoms with Crippen LogP contribution >= 0.6 is 12.0 Å². The van der Waals surface area contributed by atoms with Crippen LogP contribution < -0.4 is 0 Å². The quantitative estimate of drug-likeness (QED) is 0.0424. The minimum Gasteiger partial charge on any atom is -0.505 e. The maximum atomic E-state index is 12.5. The van der Waals surface area contributed by atoms with Crippen LogP contribution in [0.15, 0.2) is 78.8 Å². The number of benzene rings is 3. The van der Waals surface area contributed by atoms with E-state index >= 15 is 0 Å². The zero-order valence-electron chi connectivity index (χ0n) is 20.4. The second-order valence-electron chi connectivity index (χ2n) is 7.56. The van der Waals surface area contributed by atoms with Crippen molar-refractivity contribution in [1.29, 1.82) is 0 Å². The lowest BCUT2D eigenvalue weighted by atomic mass is 10.2. The number of azo groups is 2. The highest BCUT2D eigenvalue weighted by Gasteiger charge is 2.20. The fourth-order valence-electron chi connectivity index (χ4n) is 2.92. The first kappa shape index (κ1) is 32.2. The molecule has 0 aliphatic rings. The van der Waals surface area contributed by atoms with Crippen LogP contribution in [0.5, 0.6) is 17.2 Å². The van der Waals surface area contributed by atoms with Crippen LogP contribution in [0.1, 0.15) is 0 Å². The maximum Gasteiger partial charge on any atom is 0.397 e. The SMILES string of the molecule is O=[N+]([O-])c1ccc(/N=N/c2ccc(O)c(/N=N/c3ccc(S(=O)(=O)CCOS(=O)(=O)O)cc3SOOO)c2O)c(O)c1. The highest BCUT2D eigenvalue weighted by atomic mass is 32.3. The first-order valence-corrected chi connectivity index (χ1v) is 14.5. The summed E-state index contributed by atoms with van der Waals surface area (Å²) in [5.41, 5.74) is -1.49. The van der Waals surface area contributed by atoms with Gasteiger partial charge in [-0.15, -0.1) is 24.8 Å². The Morgan fingerprint density at radius 1 is 0.857 bits per heavy atom. The average Bonchev–Trinajstić information content (AvgIpc) is 2.91. The number of phenolic OH excluding ortho intramolecular Hbond substituents is 3. The highest BCUT2D eigenvalue weighted by molar-refractivity contribution is 7.95. The first-order chi connectivity index (χ1) is 19.7. The molecule has 0 radical (unpaired) electrons. The van der Waals surface area contributed by atoms with E-state index in [-0.39, 0.29) is 38.9 Å². The Labute approximate surface area is 239 Å². The number of nitro benzene ring substituents is 1. The summed E-state index contributed by atoms with van der Waals surface area (Å²) in [6.07, 6.45) is 0. The lowest BCUT2D eigenvalue weighted by molar-refractivity contribution is -0.432. The lowest BCUT2D eigenvalue weighted by Crippen LogP contribution is -2.15. The van der Waals surface area contributed by atoms with Gasteiger partial charge >= 0.3 is 10.4 Å². The molecular weight excluding hydrogens is 630 g/mol. The summed E-state index contributed by atoms with van der Waals surface area (Å²) in [6, 6.07) is 8.36. The normalized spacial score (nSPS) is 12.3. The molecule has 0 saturated carbocycles. The molecule has 0 fully saturated rings.